The summed E-state index contributed by atoms with van der Waals surface area (Å²) in [5.41, 5.74) is -0.780. The maximum absolute atomic E-state index is 13.6. The number of rotatable bonds is 4. The van der Waals surface area contributed by atoms with Crippen LogP contribution in [-0.2, 0) is 4.79 Å². The molecular formula is C16H12F5NO. The van der Waals surface area contributed by atoms with Gasteiger partial charge in [-0.15, -0.1) is 0 Å². The van der Waals surface area contributed by atoms with Crippen LogP contribution in [0.1, 0.15) is 24.8 Å². The van der Waals surface area contributed by atoms with Crippen molar-refractivity contribution in [3.63, 3.8) is 0 Å². The van der Waals surface area contributed by atoms with Gasteiger partial charge in [0.2, 0.25) is 11.7 Å². The summed E-state index contributed by atoms with van der Waals surface area (Å²) in [5.74, 6) is -12.3. The molecule has 0 fully saturated rings. The van der Waals surface area contributed by atoms with Crippen LogP contribution < -0.4 is 5.32 Å². The van der Waals surface area contributed by atoms with Crippen molar-refractivity contribution in [3.05, 3.63) is 65.0 Å². The van der Waals surface area contributed by atoms with Gasteiger partial charge >= 0.3 is 0 Å². The second-order valence-electron chi connectivity index (χ2n) is 4.81. The first-order valence-corrected chi connectivity index (χ1v) is 6.75. The summed E-state index contributed by atoms with van der Waals surface area (Å²) in [5, 5.41) is 1.80. The monoisotopic (exact) mass is 329 g/mol. The molecule has 0 aliphatic rings. The molecule has 0 aliphatic heterocycles. The maximum atomic E-state index is 13.6. The van der Waals surface area contributed by atoms with E-state index in [0.29, 0.717) is 5.56 Å². The highest BCUT2D eigenvalue weighted by Gasteiger charge is 2.28. The van der Waals surface area contributed by atoms with Gasteiger partial charge in [0.25, 0.3) is 0 Å². The molecule has 7 heteroatoms. The third-order valence-electron chi connectivity index (χ3n) is 3.38. The van der Waals surface area contributed by atoms with Gasteiger partial charge in [-0.3, -0.25) is 4.79 Å². The first-order valence-electron chi connectivity index (χ1n) is 6.75. The van der Waals surface area contributed by atoms with E-state index in [2.05, 4.69) is 0 Å². The molecule has 0 saturated heterocycles. The van der Waals surface area contributed by atoms with Crippen molar-refractivity contribution in [2.24, 2.45) is 0 Å². The number of nitrogens with one attached hydrogen (secondary N) is 1. The quantitative estimate of drug-likeness (QED) is 0.499. The molecule has 0 saturated carbocycles. The normalized spacial score (nSPS) is 12.1. The van der Waals surface area contributed by atoms with E-state index in [1.807, 2.05) is 0 Å². The van der Waals surface area contributed by atoms with Crippen LogP contribution in [0.5, 0.6) is 0 Å². The molecule has 1 amide bonds. The maximum Gasteiger partial charge on any atom is 0.232 e. The van der Waals surface area contributed by atoms with E-state index in [1.54, 1.807) is 42.6 Å². The Labute approximate surface area is 128 Å². The molecule has 0 radical (unpaired) electrons. The first kappa shape index (κ1) is 16.9. The topological polar surface area (TPSA) is 29.1 Å². The fraction of sp³-hybridized carbons (Fsp3) is 0.188. The van der Waals surface area contributed by atoms with Gasteiger partial charge in [-0.2, -0.15) is 0 Å². The lowest BCUT2D eigenvalue weighted by atomic mass is 9.95. The lowest BCUT2D eigenvalue weighted by molar-refractivity contribution is -0.117. The third-order valence-corrected chi connectivity index (χ3v) is 3.38. The van der Waals surface area contributed by atoms with Crippen LogP contribution in [0.2, 0.25) is 0 Å². The van der Waals surface area contributed by atoms with Crippen molar-refractivity contribution in [2.75, 3.05) is 5.32 Å². The number of halogens is 5. The van der Waals surface area contributed by atoms with Crippen LogP contribution in [0.15, 0.2) is 30.3 Å². The van der Waals surface area contributed by atoms with Gasteiger partial charge in [0, 0.05) is 0 Å². The van der Waals surface area contributed by atoms with Crippen molar-refractivity contribution in [1.82, 2.24) is 0 Å². The number of hydrogen-bond donors (Lipinski definition) is 1. The number of carbonyl (C=O) groups excluding carboxylic acids is 1. The second kappa shape index (κ2) is 6.76. The summed E-state index contributed by atoms with van der Waals surface area (Å²) in [4.78, 5) is 12.2. The van der Waals surface area contributed by atoms with Crippen LogP contribution in [0.25, 0.3) is 0 Å². The largest absolute Gasteiger partial charge is 0.320 e. The number of hydrogen-bond acceptors (Lipinski definition) is 1. The van der Waals surface area contributed by atoms with E-state index >= 15 is 0 Å². The molecule has 2 aromatic carbocycles. The summed E-state index contributed by atoms with van der Waals surface area (Å²) in [6.07, 6.45) is 0.283. The Bertz CT molecular complexity index is 704. The molecule has 0 aromatic heterocycles. The van der Waals surface area contributed by atoms with Crippen LogP contribution in [0.4, 0.5) is 27.6 Å². The second-order valence-corrected chi connectivity index (χ2v) is 4.81. The van der Waals surface area contributed by atoms with E-state index < -0.39 is 46.6 Å². The molecule has 122 valence electrons. The fourth-order valence-corrected chi connectivity index (χ4v) is 2.18. The van der Waals surface area contributed by atoms with Crippen molar-refractivity contribution in [2.45, 2.75) is 19.3 Å². The molecule has 1 N–H and O–H groups in total. The molecule has 2 aromatic rings. The third kappa shape index (κ3) is 3.18. The highest BCUT2D eigenvalue weighted by Crippen LogP contribution is 2.29. The predicted molar refractivity (Wildman–Crippen MR) is 74.3 cm³/mol. The van der Waals surface area contributed by atoms with Gasteiger partial charge in [-0.25, -0.2) is 22.0 Å². The van der Waals surface area contributed by atoms with Crippen molar-refractivity contribution < 1.29 is 26.7 Å². The minimum atomic E-state index is -2.27. The van der Waals surface area contributed by atoms with E-state index in [0.717, 1.165) is 0 Å². The number of carbonyl (C=O) groups is 1. The zero-order valence-corrected chi connectivity index (χ0v) is 12.0. The van der Waals surface area contributed by atoms with E-state index in [4.69, 9.17) is 0 Å². The molecule has 2 nitrogen and oxygen atoms in total. The first-order chi connectivity index (χ1) is 10.9. The Morgan fingerprint density at radius 1 is 0.913 bits per heavy atom. The van der Waals surface area contributed by atoms with Crippen molar-refractivity contribution in [1.29, 1.82) is 0 Å². The van der Waals surface area contributed by atoms with E-state index in [-0.39, 0.29) is 6.42 Å². The smallest absolute Gasteiger partial charge is 0.232 e. The predicted octanol–water partition coefficient (Wildman–Crippen LogP) is 4.51. The lowest BCUT2D eigenvalue weighted by Gasteiger charge is -2.16. The van der Waals surface area contributed by atoms with Gasteiger partial charge in [-0.1, -0.05) is 37.3 Å². The molecule has 0 aliphatic carbocycles. The molecule has 2 rings (SSSR count). The van der Waals surface area contributed by atoms with Crippen LogP contribution in [0, 0.1) is 29.1 Å². The van der Waals surface area contributed by atoms with Crippen LogP contribution >= 0.6 is 0 Å². The molecule has 0 bridgehead atoms. The van der Waals surface area contributed by atoms with Crippen molar-refractivity contribution >= 4 is 11.6 Å². The minimum Gasteiger partial charge on any atom is -0.320 e. The average Bonchev–Trinajstić information content (AvgIpc) is 2.57. The molecule has 1 unspecified atom stereocenters. The van der Waals surface area contributed by atoms with Gasteiger partial charge in [0.05, 0.1) is 5.92 Å². The van der Waals surface area contributed by atoms with Crippen molar-refractivity contribution in [3.8, 4) is 0 Å². The molecule has 23 heavy (non-hydrogen) atoms. The number of benzene rings is 2. The molecular weight excluding hydrogens is 317 g/mol. The Balaban J connectivity index is 2.37. The van der Waals surface area contributed by atoms with Crippen LogP contribution in [-0.4, -0.2) is 5.91 Å². The Morgan fingerprint density at radius 3 is 1.87 bits per heavy atom. The minimum absolute atomic E-state index is 0.283. The Morgan fingerprint density at radius 2 is 1.39 bits per heavy atom. The lowest BCUT2D eigenvalue weighted by Crippen LogP contribution is -2.23. The Hall–Kier alpha value is -2.44. The summed E-state index contributed by atoms with van der Waals surface area (Å²) >= 11 is 0. The number of anilines is 1. The molecule has 0 spiro atoms. The highest BCUT2D eigenvalue weighted by molar-refractivity contribution is 5.96. The van der Waals surface area contributed by atoms with Crippen LogP contribution in [0.3, 0.4) is 0 Å². The van der Waals surface area contributed by atoms with Gasteiger partial charge in [0.1, 0.15) is 5.69 Å². The Kier molecular flexibility index (Phi) is 4.98. The van der Waals surface area contributed by atoms with Gasteiger partial charge in [0.15, 0.2) is 23.3 Å². The van der Waals surface area contributed by atoms with Gasteiger partial charge in [-0.05, 0) is 12.0 Å². The summed E-state index contributed by atoms with van der Waals surface area (Å²) in [6, 6.07) is 8.32. The van der Waals surface area contributed by atoms with E-state index in [9.17, 15) is 26.7 Å². The highest BCUT2D eigenvalue weighted by atomic mass is 19.2. The molecule has 0 heterocycles. The van der Waals surface area contributed by atoms with E-state index in [1.165, 1.54) is 0 Å². The summed E-state index contributed by atoms with van der Waals surface area (Å²) in [6.45, 7) is 1.66. The summed E-state index contributed by atoms with van der Waals surface area (Å²) in [7, 11) is 0. The standard InChI is InChI=1S/C16H12F5NO/c1-2-9(8-6-4-3-5-7-8)16(23)22-15-13(20)11(18)10(17)12(19)14(15)21/h3-7,9H,2H2,1H3,(H,22,23). The average molecular weight is 329 g/mol. The zero-order valence-electron chi connectivity index (χ0n) is 12.0. The SMILES string of the molecule is CCC(C(=O)Nc1c(F)c(F)c(F)c(F)c1F)c1ccccc1. The summed E-state index contributed by atoms with van der Waals surface area (Å²) < 4.78 is 66.5. The molecule has 1 atom stereocenters. The number of amides is 1. The fourth-order valence-electron chi connectivity index (χ4n) is 2.18. The van der Waals surface area contributed by atoms with Gasteiger partial charge < -0.3 is 5.32 Å². The zero-order chi connectivity index (χ0) is 17.1.